The highest BCUT2D eigenvalue weighted by atomic mass is 32.1. The summed E-state index contributed by atoms with van der Waals surface area (Å²) in [5, 5.41) is 10.5. The zero-order valence-corrected chi connectivity index (χ0v) is 17.9. The van der Waals surface area contributed by atoms with Crippen molar-refractivity contribution < 1.29 is 9.21 Å². The van der Waals surface area contributed by atoms with Crippen molar-refractivity contribution in [3.05, 3.63) is 40.8 Å². The number of nitrogens with two attached hydrogens (primary N) is 1. The van der Waals surface area contributed by atoms with Gasteiger partial charge in [0.05, 0.1) is 16.8 Å². The molecule has 0 radical (unpaired) electrons. The molecule has 0 spiro atoms. The van der Waals surface area contributed by atoms with E-state index in [2.05, 4.69) is 26.1 Å². The van der Waals surface area contributed by atoms with Crippen LogP contribution in [0.15, 0.2) is 34.0 Å². The predicted molar refractivity (Wildman–Crippen MR) is 120 cm³/mol. The van der Waals surface area contributed by atoms with Crippen molar-refractivity contribution >= 4 is 68.8 Å². The fourth-order valence-corrected chi connectivity index (χ4v) is 3.15. The van der Waals surface area contributed by atoms with Gasteiger partial charge in [0.15, 0.2) is 15.4 Å². The summed E-state index contributed by atoms with van der Waals surface area (Å²) in [4.78, 5) is 17.0. The van der Waals surface area contributed by atoms with E-state index in [0.717, 1.165) is 10.6 Å². The molecule has 0 aliphatic heterocycles. The van der Waals surface area contributed by atoms with Gasteiger partial charge < -0.3 is 20.8 Å². The lowest BCUT2D eigenvalue weighted by Gasteiger charge is -2.08. The zero-order valence-electron chi connectivity index (χ0n) is 15.5. The summed E-state index contributed by atoms with van der Waals surface area (Å²) in [5.41, 5.74) is 9.34. The van der Waals surface area contributed by atoms with Crippen molar-refractivity contribution in [2.75, 3.05) is 5.32 Å². The van der Waals surface area contributed by atoms with Crippen molar-refractivity contribution in [3.8, 4) is 0 Å². The summed E-state index contributed by atoms with van der Waals surface area (Å²) in [7, 11) is 0. The smallest absolute Gasteiger partial charge is 0.228 e. The van der Waals surface area contributed by atoms with Crippen LogP contribution >= 0.6 is 35.8 Å². The number of thiocarbonyl (C=S) groups is 2. The Bertz CT molecular complexity index is 915. The molecule has 0 unspecified atom stereocenters. The molecule has 2 rings (SSSR count). The number of carbonyl (C=O) groups excluding carboxylic acids is 1. The van der Waals surface area contributed by atoms with Gasteiger partial charge in [-0.05, 0) is 55.6 Å². The van der Waals surface area contributed by atoms with Gasteiger partial charge in [0, 0.05) is 5.92 Å². The van der Waals surface area contributed by atoms with Crippen LogP contribution in [0.4, 0.5) is 5.13 Å². The maximum atomic E-state index is 11.7. The second-order valence-corrected chi connectivity index (χ2v) is 7.70. The summed E-state index contributed by atoms with van der Waals surface area (Å²) >= 11 is 11.3. The van der Waals surface area contributed by atoms with E-state index in [1.807, 2.05) is 13.0 Å². The first-order valence-corrected chi connectivity index (χ1v) is 9.84. The van der Waals surface area contributed by atoms with E-state index in [4.69, 9.17) is 34.6 Å². The molecular weight excluding hydrogens is 416 g/mol. The average molecular weight is 437 g/mol. The zero-order chi connectivity index (χ0) is 20.7. The SMILES string of the molecule is Cc1nc(NC(=S)NC(=O)C(C)C)sc1C(/C=C/c1ccco1)=N\NC(N)=S. The number of hydrazone groups is 1. The third-order valence-electron chi connectivity index (χ3n) is 3.25. The molecule has 28 heavy (non-hydrogen) atoms. The number of amides is 1. The molecule has 2 aromatic rings. The number of rotatable bonds is 6. The molecule has 1 amide bonds. The molecular formula is C17H20N6O2S3. The Hall–Kier alpha value is -2.63. The highest BCUT2D eigenvalue weighted by molar-refractivity contribution is 7.80. The molecule has 148 valence electrons. The van der Waals surface area contributed by atoms with E-state index in [1.165, 1.54) is 11.3 Å². The Morgan fingerprint density at radius 2 is 2.18 bits per heavy atom. The topological polar surface area (TPSA) is 118 Å². The summed E-state index contributed by atoms with van der Waals surface area (Å²) in [6.07, 6.45) is 5.10. The van der Waals surface area contributed by atoms with Gasteiger partial charge in [0.25, 0.3) is 0 Å². The van der Waals surface area contributed by atoms with E-state index in [0.29, 0.717) is 16.6 Å². The van der Waals surface area contributed by atoms with Gasteiger partial charge in [-0.15, -0.1) is 0 Å². The first-order valence-electron chi connectivity index (χ1n) is 8.20. The van der Waals surface area contributed by atoms with Crippen molar-refractivity contribution in [1.82, 2.24) is 15.7 Å². The lowest BCUT2D eigenvalue weighted by atomic mass is 10.2. The van der Waals surface area contributed by atoms with Gasteiger partial charge in [-0.3, -0.25) is 10.2 Å². The number of hydrogen-bond donors (Lipinski definition) is 4. The van der Waals surface area contributed by atoms with Gasteiger partial charge in [-0.25, -0.2) is 4.98 Å². The molecule has 0 saturated heterocycles. The average Bonchev–Trinajstić information content (AvgIpc) is 3.24. The van der Waals surface area contributed by atoms with E-state index in [1.54, 1.807) is 38.3 Å². The minimum atomic E-state index is -0.176. The number of hydrogen-bond acceptors (Lipinski definition) is 7. The number of carbonyl (C=O) groups is 1. The van der Waals surface area contributed by atoms with Gasteiger partial charge >= 0.3 is 0 Å². The van der Waals surface area contributed by atoms with Crippen LogP contribution in [0.1, 0.15) is 30.2 Å². The molecule has 0 saturated carbocycles. The van der Waals surface area contributed by atoms with Crippen LogP contribution in [-0.4, -0.2) is 26.8 Å². The largest absolute Gasteiger partial charge is 0.465 e. The van der Waals surface area contributed by atoms with Crippen molar-refractivity contribution in [2.45, 2.75) is 20.8 Å². The molecule has 0 aromatic carbocycles. The highest BCUT2D eigenvalue weighted by Gasteiger charge is 2.15. The number of aromatic nitrogens is 1. The Kier molecular flexibility index (Phi) is 7.79. The number of thiazole rings is 1. The van der Waals surface area contributed by atoms with Gasteiger partial charge in [0.1, 0.15) is 11.5 Å². The van der Waals surface area contributed by atoms with E-state index in [-0.39, 0.29) is 22.0 Å². The fourth-order valence-electron chi connectivity index (χ4n) is 1.90. The Morgan fingerprint density at radius 1 is 1.43 bits per heavy atom. The predicted octanol–water partition coefficient (Wildman–Crippen LogP) is 2.76. The molecule has 0 fully saturated rings. The van der Waals surface area contributed by atoms with Crippen molar-refractivity contribution in [2.24, 2.45) is 16.8 Å². The second kappa shape index (κ2) is 10.1. The normalized spacial score (nSPS) is 11.6. The first-order chi connectivity index (χ1) is 13.3. The molecule has 0 atom stereocenters. The Balaban J connectivity index is 2.21. The van der Waals surface area contributed by atoms with Crippen LogP contribution in [0.3, 0.4) is 0 Å². The van der Waals surface area contributed by atoms with Gasteiger partial charge in [-0.1, -0.05) is 25.2 Å². The van der Waals surface area contributed by atoms with E-state index < -0.39 is 0 Å². The summed E-state index contributed by atoms with van der Waals surface area (Å²) in [6, 6.07) is 3.60. The summed E-state index contributed by atoms with van der Waals surface area (Å²) < 4.78 is 5.30. The second-order valence-electron chi connectivity index (χ2n) is 5.85. The Labute approximate surface area is 177 Å². The molecule has 5 N–H and O–H groups in total. The monoisotopic (exact) mass is 436 g/mol. The molecule has 0 aliphatic carbocycles. The van der Waals surface area contributed by atoms with E-state index in [9.17, 15) is 4.79 Å². The van der Waals surface area contributed by atoms with Crippen LogP contribution in [0.25, 0.3) is 6.08 Å². The minimum absolute atomic E-state index is 0.0435. The van der Waals surface area contributed by atoms with E-state index >= 15 is 0 Å². The van der Waals surface area contributed by atoms with Crippen LogP contribution in [0, 0.1) is 12.8 Å². The third kappa shape index (κ3) is 6.51. The lowest BCUT2D eigenvalue weighted by molar-refractivity contribution is -0.122. The summed E-state index contributed by atoms with van der Waals surface area (Å²) in [5.74, 6) is 0.321. The van der Waals surface area contributed by atoms with Crippen LogP contribution in [0.5, 0.6) is 0 Å². The quantitative estimate of drug-likeness (QED) is 0.310. The van der Waals surface area contributed by atoms with Gasteiger partial charge in [0.2, 0.25) is 5.91 Å². The number of nitrogens with one attached hydrogen (secondary N) is 3. The molecule has 0 bridgehead atoms. The first kappa shape index (κ1) is 21.7. The third-order valence-corrected chi connectivity index (χ3v) is 4.64. The maximum Gasteiger partial charge on any atom is 0.228 e. The number of anilines is 1. The molecule has 2 heterocycles. The number of nitrogens with zero attached hydrogens (tertiary/aromatic N) is 2. The van der Waals surface area contributed by atoms with Crippen molar-refractivity contribution in [3.63, 3.8) is 0 Å². The van der Waals surface area contributed by atoms with Crippen LogP contribution in [0.2, 0.25) is 0 Å². The summed E-state index contributed by atoms with van der Waals surface area (Å²) in [6.45, 7) is 5.41. The number of furan rings is 1. The van der Waals surface area contributed by atoms with Crippen LogP contribution in [-0.2, 0) is 4.79 Å². The van der Waals surface area contributed by atoms with Crippen molar-refractivity contribution in [1.29, 1.82) is 0 Å². The molecule has 8 nitrogen and oxygen atoms in total. The number of aryl methyl sites for hydroxylation is 1. The minimum Gasteiger partial charge on any atom is -0.465 e. The van der Waals surface area contributed by atoms with Crippen LogP contribution < -0.4 is 21.8 Å². The molecule has 2 aromatic heterocycles. The number of allylic oxidation sites excluding steroid dienone is 1. The Morgan fingerprint density at radius 3 is 2.79 bits per heavy atom. The standard InChI is InChI=1S/C17H20N6O2S3/c1-9(2)14(24)20-16(27)21-17-19-10(3)13(28-17)12(22-23-15(18)26)7-6-11-5-4-8-25-11/h4-9H,1-3H3,(H3,18,23,26)(H2,19,20,21,24,27)/b7-6+,22-12-. The molecule has 11 heteroatoms. The fraction of sp³-hybridized carbons (Fsp3) is 0.235. The highest BCUT2D eigenvalue weighted by Crippen LogP contribution is 2.24. The lowest BCUT2D eigenvalue weighted by Crippen LogP contribution is -2.36. The maximum absolute atomic E-state index is 11.7. The van der Waals surface area contributed by atoms with Gasteiger partial charge in [-0.2, -0.15) is 5.10 Å². The molecule has 0 aliphatic rings.